The van der Waals surface area contributed by atoms with Crippen LogP contribution in [0.4, 0.5) is 0 Å². The third kappa shape index (κ3) is 2.50. The van der Waals surface area contributed by atoms with Crippen LogP contribution in [0.1, 0.15) is 37.3 Å². The van der Waals surface area contributed by atoms with Gasteiger partial charge in [0.1, 0.15) is 0 Å². The van der Waals surface area contributed by atoms with Gasteiger partial charge in [-0.15, -0.1) is 0 Å². The molecule has 1 atom stereocenters. The molecule has 1 unspecified atom stereocenters. The average molecular weight is 216 g/mol. The van der Waals surface area contributed by atoms with Gasteiger partial charge in [0.2, 0.25) is 0 Å². The van der Waals surface area contributed by atoms with Crippen molar-refractivity contribution in [1.82, 2.24) is 9.88 Å². The number of nitrogens with zero attached hydrogens (tertiary/aromatic N) is 2. The van der Waals surface area contributed by atoms with Gasteiger partial charge in [-0.05, 0) is 57.5 Å². The summed E-state index contributed by atoms with van der Waals surface area (Å²) in [5.74, 6) is 0. The summed E-state index contributed by atoms with van der Waals surface area (Å²) in [5, 5.41) is 0. The van der Waals surface area contributed by atoms with E-state index < -0.39 is 0 Å². The minimum atomic E-state index is 0.434. The van der Waals surface area contributed by atoms with Gasteiger partial charge in [-0.25, -0.2) is 0 Å². The van der Waals surface area contributed by atoms with Crippen LogP contribution in [0, 0.1) is 0 Å². The minimum Gasteiger partial charge on any atom is -0.299 e. The maximum absolute atomic E-state index is 4.09. The zero-order valence-electron chi connectivity index (χ0n) is 10.2. The number of hydrogen-bond acceptors (Lipinski definition) is 2. The molecule has 0 spiro atoms. The second kappa shape index (κ2) is 5.26. The Balaban J connectivity index is 2.27. The molecule has 0 fully saturated rings. The first kappa shape index (κ1) is 11.3. The van der Waals surface area contributed by atoms with Crippen molar-refractivity contribution in [2.75, 3.05) is 14.1 Å². The molecule has 0 bridgehead atoms. The number of aromatic nitrogens is 1. The molecule has 2 rings (SSSR count). The number of allylic oxidation sites excluding steroid dienone is 1. The van der Waals surface area contributed by atoms with Crippen LogP contribution in [-0.2, 0) is 0 Å². The summed E-state index contributed by atoms with van der Waals surface area (Å²) in [6, 6.07) is 4.68. The molecular formula is C14H20N2. The molecular weight excluding hydrogens is 196 g/mol. The second-order valence-electron chi connectivity index (χ2n) is 4.67. The number of hydrogen-bond donors (Lipinski definition) is 0. The van der Waals surface area contributed by atoms with Crippen molar-refractivity contribution in [2.45, 2.75) is 31.7 Å². The van der Waals surface area contributed by atoms with Gasteiger partial charge in [0.15, 0.2) is 0 Å². The van der Waals surface area contributed by atoms with Gasteiger partial charge >= 0.3 is 0 Å². The van der Waals surface area contributed by atoms with E-state index in [0.29, 0.717) is 6.04 Å². The quantitative estimate of drug-likeness (QED) is 0.721. The fraction of sp³-hybridized carbons (Fsp3) is 0.500. The van der Waals surface area contributed by atoms with E-state index in [9.17, 15) is 0 Å². The van der Waals surface area contributed by atoms with Crippen LogP contribution >= 0.6 is 0 Å². The fourth-order valence-electron chi connectivity index (χ4n) is 2.50. The summed E-state index contributed by atoms with van der Waals surface area (Å²) in [4.78, 5) is 6.39. The first-order valence-electron chi connectivity index (χ1n) is 6.04. The minimum absolute atomic E-state index is 0.434. The van der Waals surface area contributed by atoms with E-state index in [1.807, 2.05) is 12.4 Å². The average Bonchev–Trinajstić information content (AvgIpc) is 2.31. The molecule has 1 aromatic heterocycles. The van der Waals surface area contributed by atoms with E-state index in [2.05, 4.69) is 42.2 Å². The van der Waals surface area contributed by atoms with Gasteiger partial charge in [0, 0.05) is 12.4 Å². The smallest absolute Gasteiger partial charge is 0.0557 e. The lowest BCUT2D eigenvalue weighted by Gasteiger charge is -2.29. The Bertz CT molecular complexity index is 354. The highest BCUT2D eigenvalue weighted by Crippen LogP contribution is 2.32. The third-order valence-electron chi connectivity index (χ3n) is 3.22. The summed E-state index contributed by atoms with van der Waals surface area (Å²) < 4.78 is 0. The van der Waals surface area contributed by atoms with Crippen LogP contribution in [0.5, 0.6) is 0 Å². The van der Waals surface area contributed by atoms with Gasteiger partial charge in [0.05, 0.1) is 6.04 Å². The molecule has 1 aliphatic rings. The van der Waals surface area contributed by atoms with E-state index in [4.69, 9.17) is 0 Å². The Morgan fingerprint density at radius 2 is 1.94 bits per heavy atom. The zero-order valence-corrected chi connectivity index (χ0v) is 10.2. The van der Waals surface area contributed by atoms with Gasteiger partial charge in [-0.1, -0.05) is 11.6 Å². The van der Waals surface area contributed by atoms with E-state index in [1.165, 1.54) is 31.2 Å². The standard InChI is InChI=1S/C14H20N2/c1-16(2)14(12-6-4-3-5-7-12)13-8-10-15-11-9-13/h6,8-11,14H,3-5,7H2,1-2H3. The topological polar surface area (TPSA) is 16.1 Å². The molecule has 1 aliphatic carbocycles. The van der Waals surface area contributed by atoms with Gasteiger partial charge in [0.25, 0.3) is 0 Å². The van der Waals surface area contributed by atoms with E-state index >= 15 is 0 Å². The fourth-order valence-corrected chi connectivity index (χ4v) is 2.50. The molecule has 0 aromatic carbocycles. The molecule has 2 heteroatoms. The molecule has 0 saturated carbocycles. The van der Waals surface area contributed by atoms with E-state index in [1.54, 1.807) is 5.57 Å². The van der Waals surface area contributed by atoms with Crippen molar-refractivity contribution in [2.24, 2.45) is 0 Å². The van der Waals surface area contributed by atoms with Crippen molar-refractivity contribution in [3.63, 3.8) is 0 Å². The highest BCUT2D eigenvalue weighted by Gasteiger charge is 2.19. The Kier molecular flexibility index (Phi) is 3.73. The second-order valence-corrected chi connectivity index (χ2v) is 4.67. The van der Waals surface area contributed by atoms with Crippen LogP contribution in [0.25, 0.3) is 0 Å². The van der Waals surface area contributed by atoms with Crippen molar-refractivity contribution < 1.29 is 0 Å². The molecule has 0 saturated heterocycles. The lowest BCUT2D eigenvalue weighted by atomic mass is 9.89. The van der Waals surface area contributed by atoms with Crippen LogP contribution < -0.4 is 0 Å². The van der Waals surface area contributed by atoms with Crippen molar-refractivity contribution in [3.8, 4) is 0 Å². The van der Waals surface area contributed by atoms with Crippen molar-refractivity contribution in [1.29, 1.82) is 0 Å². The summed E-state index contributed by atoms with van der Waals surface area (Å²) in [6.45, 7) is 0. The van der Waals surface area contributed by atoms with Gasteiger partial charge in [-0.2, -0.15) is 0 Å². The number of likely N-dealkylation sites (N-methyl/N-ethyl adjacent to an activating group) is 1. The van der Waals surface area contributed by atoms with Crippen LogP contribution in [0.3, 0.4) is 0 Å². The monoisotopic (exact) mass is 216 g/mol. The molecule has 2 nitrogen and oxygen atoms in total. The summed E-state index contributed by atoms with van der Waals surface area (Å²) in [7, 11) is 4.31. The highest BCUT2D eigenvalue weighted by molar-refractivity contribution is 5.27. The van der Waals surface area contributed by atoms with Gasteiger partial charge < -0.3 is 0 Å². The maximum Gasteiger partial charge on any atom is 0.0557 e. The van der Waals surface area contributed by atoms with E-state index in [-0.39, 0.29) is 0 Å². The largest absolute Gasteiger partial charge is 0.299 e. The van der Waals surface area contributed by atoms with Crippen LogP contribution in [0.2, 0.25) is 0 Å². The molecule has 0 aliphatic heterocycles. The molecule has 86 valence electrons. The Labute approximate surface area is 98.0 Å². The highest BCUT2D eigenvalue weighted by atomic mass is 15.1. The SMILES string of the molecule is CN(C)C(C1=CCCCC1)c1ccncc1. The lowest BCUT2D eigenvalue weighted by molar-refractivity contribution is 0.326. The molecule has 0 radical (unpaired) electrons. The first-order valence-corrected chi connectivity index (χ1v) is 6.04. The molecule has 0 N–H and O–H groups in total. The maximum atomic E-state index is 4.09. The molecule has 0 amide bonds. The summed E-state index contributed by atoms with van der Waals surface area (Å²) in [6.07, 6.45) is 11.4. The molecule has 1 aromatic rings. The van der Waals surface area contributed by atoms with Crippen LogP contribution in [-0.4, -0.2) is 24.0 Å². The van der Waals surface area contributed by atoms with Crippen molar-refractivity contribution in [3.05, 3.63) is 41.7 Å². The molecule has 16 heavy (non-hydrogen) atoms. The summed E-state index contributed by atoms with van der Waals surface area (Å²) in [5.41, 5.74) is 2.93. The predicted molar refractivity (Wildman–Crippen MR) is 67.2 cm³/mol. The van der Waals surface area contributed by atoms with Crippen molar-refractivity contribution >= 4 is 0 Å². The Morgan fingerprint density at radius 3 is 2.50 bits per heavy atom. The first-order chi connectivity index (χ1) is 7.79. The number of pyridine rings is 1. The zero-order chi connectivity index (χ0) is 11.4. The molecule has 1 heterocycles. The Hall–Kier alpha value is -1.15. The van der Waals surface area contributed by atoms with E-state index in [0.717, 1.165) is 0 Å². The third-order valence-corrected chi connectivity index (χ3v) is 3.22. The van der Waals surface area contributed by atoms with Crippen LogP contribution in [0.15, 0.2) is 36.2 Å². The summed E-state index contributed by atoms with van der Waals surface area (Å²) >= 11 is 0. The lowest BCUT2D eigenvalue weighted by Crippen LogP contribution is -2.22. The number of rotatable bonds is 3. The normalized spacial score (nSPS) is 18.3. The predicted octanol–water partition coefficient (Wildman–Crippen LogP) is 3.18. The van der Waals surface area contributed by atoms with Gasteiger partial charge in [-0.3, -0.25) is 9.88 Å². The Morgan fingerprint density at radius 1 is 1.19 bits per heavy atom.